The van der Waals surface area contributed by atoms with Crippen LogP contribution in [0.3, 0.4) is 0 Å². The summed E-state index contributed by atoms with van der Waals surface area (Å²) in [6.45, 7) is 0.996. The SMILES string of the molecule is CN(C)CCONC(=O)c1ccc2c(c1)nc(Nc1nc3ccc(C(F)(F)F)cc3o1)n2C. The molecule has 0 aliphatic rings. The van der Waals surface area contributed by atoms with Crippen molar-refractivity contribution in [3.63, 3.8) is 0 Å². The third-order valence-corrected chi connectivity index (χ3v) is 4.88. The van der Waals surface area contributed by atoms with Gasteiger partial charge in [-0.15, -0.1) is 0 Å². The minimum Gasteiger partial charge on any atom is -0.423 e. The third-order valence-electron chi connectivity index (χ3n) is 4.88. The third kappa shape index (κ3) is 4.91. The van der Waals surface area contributed by atoms with Gasteiger partial charge in [-0.3, -0.25) is 14.9 Å². The van der Waals surface area contributed by atoms with E-state index in [1.54, 1.807) is 29.8 Å². The van der Waals surface area contributed by atoms with Crippen LogP contribution >= 0.6 is 0 Å². The minimum atomic E-state index is -4.48. The summed E-state index contributed by atoms with van der Waals surface area (Å²) < 4.78 is 45.9. The average Bonchev–Trinajstić information content (AvgIpc) is 3.29. The maximum absolute atomic E-state index is 12.9. The Labute approximate surface area is 186 Å². The zero-order chi connectivity index (χ0) is 23.8. The molecule has 4 rings (SSSR count). The van der Waals surface area contributed by atoms with Gasteiger partial charge in [0, 0.05) is 19.2 Å². The number of fused-ring (bicyclic) bond motifs is 2. The first-order valence-electron chi connectivity index (χ1n) is 9.90. The molecule has 0 bridgehead atoms. The number of carbonyl (C=O) groups is 1. The van der Waals surface area contributed by atoms with Crippen LogP contribution in [0, 0.1) is 0 Å². The number of aromatic nitrogens is 3. The molecule has 0 aliphatic heterocycles. The van der Waals surface area contributed by atoms with Crippen molar-refractivity contribution >= 4 is 40.0 Å². The first-order chi connectivity index (χ1) is 15.6. The van der Waals surface area contributed by atoms with Crippen LogP contribution in [-0.4, -0.2) is 52.6 Å². The van der Waals surface area contributed by atoms with Crippen molar-refractivity contribution in [3.05, 3.63) is 47.5 Å². The largest absolute Gasteiger partial charge is 0.423 e. The van der Waals surface area contributed by atoms with Gasteiger partial charge in [-0.1, -0.05) is 0 Å². The summed E-state index contributed by atoms with van der Waals surface area (Å²) in [4.78, 5) is 28.0. The van der Waals surface area contributed by atoms with Crippen molar-refractivity contribution in [1.82, 2.24) is 24.9 Å². The summed E-state index contributed by atoms with van der Waals surface area (Å²) in [6, 6.07) is 8.05. The number of alkyl halides is 3. The minimum absolute atomic E-state index is 0.000636. The average molecular weight is 462 g/mol. The molecule has 0 radical (unpaired) electrons. The quantitative estimate of drug-likeness (QED) is 0.319. The van der Waals surface area contributed by atoms with Gasteiger partial charge in [0.25, 0.3) is 5.91 Å². The number of hydrogen-bond acceptors (Lipinski definition) is 7. The molecule has 0 atom stereocenters. The summed E-state index contributed by atoms with van der Waals surface area (Å²) in [5, 5.41) is 2.87. The summed E-state index contributed by atoms with van der Waals surface area (Å²) >= 11 is 0. The molecule has 0 aliphatic carbocycles. The highest BCUT2D eigenvalue weighted by atomic mass is 19.4. The van der Waals surface area contributed by atoms with Gasteiger partial charge in [-0.2, -0.15) is 18.2 Å². The number of hydroxylamine groups is 1. The molecule has 4 aromatic rings. The van der Waals surface area contributed by atoms with Crippen LogP contribution in [0.1, 0.15) is 15.9 Å². The lowest BCUT2D eigenvalue weighted by atomic mass is 10.2. The molecule has 0 unspecified atom stereocenters. The summed E-state index contributed by atoms with van der Waals surface area (Å²) in [7, 11) is 5.53. The summed E-state index contributed by atoms with van der Waals surface area (Å²) in [5.74, 6) is -0.0670. The van der Waals surface area contributed by atoms with E-state index in [1.807, 2.05) is 19.0 Å². The van der Waals surface area contributed by atoms with Gasteiger partial charge in [0.2, 0.25) is 5.95 Å². The molecule has 0 saturated heterocycles. The maximum atomic E-state index is 12.9. The predicted octanol–water partition coefficient (Wildman–Crippen LogP) is 3.70. The van der Waals surface area contributed by atoms with Gasteiger partial charge < -0.3 is 13.9 Å². The fourth-order valence-corrected chi connectivity index (χ4v) is 3.11. The number of likely N-dealkylation sites (N-methyl/N-ethyl adjacent to an activating group) is 1. The van der Waals surface area contributed by atoms with E-state index in [9.17, 15) is 18.0 Å². The Hall–Kier alpha value is -3.64. The molecule has 174 valence electrons. The number of amides is 1. The first-order valence-corrected chi connectivity index (χ1v) is 9.90. The van der Waals surface area contributed by atoms with Gasteiger partial charge in [0.05, 0.1) is 23.2 Å². The number of oxazole rings is 1. The summed E-state index contributed by atoms with van der Waals surface area (Å²) in [5.41, 5.74) is 3.45. The molecule has 2 aromatic carbocycles. The number of hydrogen-bond donors (Lipinski definition) is 2. The number of carbonyl (C=O) groups excluding carboxylic acids is 1. The first kappa shape index (κ1) is 22.6. The van der Waals surface area contributed by atoms with E-state index in [2.05, 4.69) is 20.8 Å². The smallest absolute Gasteiger partial charge is 0.416 e. The van der Waals surface area contributed by atoms with Crippen LogP contribution in [0.2, 0.25) is 0 Å². The lowest BCUT2D eigenvalue weighted by molar-refractivity contribution is -0.137. The van der Waals surface area contributed by atoms with E-state index in [0.29, 0.717) is 30.2 Å². The Morgan fingerprint density at radius 1 is 1.15 bits per heavy atom. The Balaban J connectivity index is 1.52. The van der Waals surface area contributed by atoms with Crippen LogP contribution in [0.4, 0.5) is 25.1 Å². The second-order valence-corrected chi connectivity index (χ2v) is 7.61. The maximum Gasteiger partial charge on any atom is 0.416 e. The number of imidazole rings is 1. The number of anilines is 2. The monoisotopic (exact) mass is 462 g/mol. The van der Waals surface area contributed by atoms with Crippen LogP contribution in [0.5, 0.6) is 0 Å². The molecule has 2 N–H and O–H groups in total. The number of rotatable bonds is 7. The van der Waals surface area contributed by atoms with E-state index in [0.717, 1.165) is 17.6 Å². The van der Waals surface area contributed by atoms with Crippen molar-refractivity contribution in [3.8, 4) is 0 Å². The van der Waals surface area contributed by atoms with Crippen molar-refractivity contribution in [1.29, 1.82) is 0 Å². The molecule has 0 saturated carbocycles. The van der Waals surface area contributed by atoms with Crippen molar-refractivity contribution in [2.24, 2.45) is 7.05 Å². The number of halogens is 3. The molecular formula is C21H21F3N6O3. The Morgan fingerprint density at radius 3 is 2.67 bits per heavy atom. The topological polar surface area (TPSA) is 97.4 Å². The van der Waals surface area contributed by atoms with Gasteiger partial charge in [-0.25, -0.2) is 10.5 Å². The van der Waals surface area contributed by atoms with Crippen LogP contribution in [-0.2, 0) is 18.1 Å². The van der Waals surface area contributed by atoms with Gasteiger partial charge in [0.1, 0.15) is 5.52 Å². The molecule has 0 spiro atoms. The highest BCUT2D eigenvalue weighted by molar-refractivity contribution is 5.97. The molecule has 2 aromatic heterocycles. The Morgan fingerprint density at radius 2 is 1.94 bits per heavy atom. The standard InChI is InChI=1S/C21H21F3N6O3/c1-29(2)8-9-32-28-18(31)12-4-7-16-15(10-12)25-19(30(16)3)27-20-26-14-6-5-13(21(22,23)24)11-17(14)33-20/h4-7,10-11H,8-9H2,1-3H3,(H,28,31)(H,25,26,27). The lowest BCUT2D eigenvalue weighted by Gasteiger charge is -2.10. The predicted molar refractivity (Wildman–Crippen MR) is 115 cm³/mol. The molecule has 2 heterocycles. The lowest BCUT2D eigenvalue weighted by Crippen LogP contribution is -2.28. The highest BCUT2D eigenvalue weighted by Crippen LogP contribution is 2.32. The van der Waals surface area contributed by atoms with Gasteiger partial charge in [-0.05, 0) is 50.5 Å². The number of aryl methyl sites for hydroxylation is 1. The van der Waals surface area contributed by atoms with Crippen molar-refractivity contribution < 1.29 is 27.2 Å². The van der Waals surface area contributed by atoms with Gasteiger partial charge >= 0.3 is 12.2 Å². The van der Waals surface area contributed by atoms with Crippen molar-refractivity contribution in [2.45, 2.75) is 6.18 Å². The number of nitrogens with zero attached hydrogens (tertiary/aromatic N) is 4. The molecule has 12 heteroatoms. The normalized spacial score (nSPS) is 12.1. The Kier molecular flexibility index (Phi) is 5.95. The highest BCUT2D eigenvalue weighted by Gasteiger charge is 2.31. The zero-order valence-electron chi connectivity index (χ0n) is 18.0. The van der Waals surface area contributed by atoms with E-state index < -0.39 is 17.6 Å². The van der Waals surface area contributed by atoms with E-state index in [4.69, 9.17) is 9.25 Å². The van der Waals surface area contributed by atoms with Crippen molar-refractivity contribution in [2.75, 3.05) is 32.6 Å². The fourth-order valence-electron chi connectivity index (χ4n) is 3.11. The van der Waals surface area contributed by atoms with Crippen LogP contribution in [0.25, 0.3) is 22.1 Å². The summed E-state index contributed by atoms with van der Waals surface area (Å²) in [6.07, 6.45) is -4.48. The van der Waals surface area contributed by atoms with E-state index in [1.165, 1.54) is 6.07 Å². The number of benzene rings is 2. The van der Waals surface area contributed by atoms with Gasteiger partial charge in [0.15, 0.2) is 5.58 Å². The van der Waals surface area contributed by atoms with Crippen LogP contribution < -0.4 is 10.8 Å². The Bertz CT molecular complexity index is 1310. The molecule has 9 nitrogen and oxygen atoms in total. The van der Waals surface area contributed by atoms with Crippen LogP contribution in [0.15, 0.2) is 40.8 Å². The fraction of sp³-hybridized carbons (Fsp3) is 0.286. The second-order valence-electron chi connectivity index (χ2n) is 7.61. The van der Waals surface area contributed by atoms with E-state index in [-0.39, 0.29) is 17.1 Å². The zero-order valence-corrected chi connectivity index (χ0v) is 18.0. The second kappa shape index (κ2) is 8.71. The molecule has 0 fully saturated rings. The molecule has 1 amide bonds. The molecule has 33 heavy (non-hydrogen) atoms. The molecular weight excluding hydrogens is 441 g/mol. The number of nitrogens with one attached hydrogen (secondary N) is 2. The van der Waals surface area contributed by atoms with E-state index >= 15 is 0 Å².